The Bertz CT molecular complexity index is 339. The second-order valence-electron chi connectivity index (χ2n) is 4.18. The monoisotopic (exact) mass is 269 g/mol. The maximum Gasteiger partial charge on any atom is 0.399 e. The lowest BCUT2D eigenvalue weighted by molar-refractivity contribution is -0.580. The molecule has 0 aromatic heterocycles. The topological polar surface area (TPSA) is 69.4 Å². The van der Waals surface area contributed by atoms with Crippen LogP contribution in [0.4, 0.5) is 13.2 Å². The van der Waals surface area contributed by atoms with Crippen molar-refractivity contribution in [3.63, 3.8) is 0 Å². The van der Waals surface area contributed by atoms with Crippen LogP contribution in [0.15, 0.2) is 12.7 Å². The number of esters is 1. The Kier molecular flexibility index (Phi) is 5.31. The molecule has 0 spiro atoms. The lowest BCUT2D eigenvalue weighted by Gasteiger charge is -2.27. The first-order valence-electron chi connectivity index (χ1n) is 5.01. The van der Waals surface area contributed by atoms with Crippen molar-refractivity contribution < 1.29 is 27.6 Å². The molecule has 0 fully saturated rings. The molecule has 8 heteroatoms. The van der Waals surface area contributed by atoms with Gasteiger partial charge in [0.1, 0.15) is 12.5 Å². The minimum absolute atomic E-state index is 0.234. The van der Waals surface area contributed by atoms with E-state index in [-0.39, 0.29) is 6.61 Å². The van der Waals surface area contributed by atoms with Gasteiger partial charge in [-0.2, -0.15) is 13.2 Å². The summed E-state index contributed by atoms with van der Waals surface area (Å²) in [5.41, 5.74) is -2.30. The van der Waals surface area contributed by atoms with Crippen molar-refractivity contribution >= 4 is 5.97 Å². The minimum atomic E-state index is -4.86. The van der Waals surface area contributed by atoms with E-state index in [1.54, 1.807) is 0 Å². The van der Waals surface area contributed by atoms with Gasteiger partial charge >= 0.3 is 12.1 Å². The summed E-state index contributed by atoms with van der Waals surface area (Å²) in [6, 6.07) is 0. The summed E-state index contributed by atoms with van der Waals surface area (Å²) in [5.74, 6) is -3.55. The van der Waals surface area contributed by atoms with E-state index in [2.05, 4.69) is 11.3 Å². The summed E-state index contributed by atoms with van der Waals surface area (Å²) in [4.78, 5) is 20.7. The first-order chi connectivity index (χ1) is 8.03. The first kappa shape index (κ1) is 16.4. The molecular weight excluding hydrogens is 255 g/mol. The highest BCUT2D eigenvalue weighted by molar-refractivity contribution is 5.70. The van der Waals surface area contributed by atoms with Crippen LogP contribution >= 0.6 is 0 Å². The Balaban J connectivity index is 4.99. The van der Waals surface area contributed by atoms with Gasteiger partial charge in [-0.3, -0.25) is 14.9 Å². The number of rotatable bonds is 6. The van der Waals surface area contributed by atoms with Gasteiger partial charge in [0, 0.05) is 18.8 Å². The summed E-state index contributed by atoms with van der Waals surface area (Å²) in [6.45, 7) is 4.65. The zero-order chi connectivity index (χ0) is 14.6. The fourth-order valence-electron chi connectivity index (χ4n) is 1.27. The predicted molar refractivity (Wildman–Crippen MR) is 56.4 cm³/mol. The third-order valence-corrected chi connectivity index (χ3v) is 2.45. The molecule has 0 aliphatic heterocycles. The Labute approximate surface area is 102 Å². The Morgan fingerprint density at radius 1 is 1.50 bits per heavy atom. The molecule has 0 aliphatic rings. The molecular formula is C10H14F3NO4. The zero-order valence-corrected chi connectivity index (χ0v) is 9.99. The Hall–Kier alpha value is -1.60. The number of nitro groups is 1. The molecule has 5 nitrogen and oxygen atoms in total. The average molecular weight is 269 g/mol. The van der Waals surface area contributed by atoms with Crippen LogP contribution in [-0.2, 0) is 9.53 Å². The number of ether oxygens (including phenoxy) is 1. The largest absolute Gasteiger partial charge is 0.461 e. The molecule has 18 heavy (non-hydrogen) atoms. The third kappa shape index (κ3) is 4.34. The molecule has 0 amide bonds. The summed E-state index contributed by atoms with van der Waals surface area (Å²) in [7, 11) is 0. The number of hydrogen-bond acceptors (Lipinski definition) is 4. The molecule has 0 aromatic carbocycles. The minimum Gasteiger partial charge on any atom is -0.461 e. The Morgan fingerprint density at radius 2 is 2.00 bits per heavy atom. The second-order valence-corrected chi connectivity index (χ2v) is 4.18. The van der Waals surface area contributed by atoms with Gasteiger partial charge in [-0.25, -0.2) is 0 Å². The Morgan fingerprint density at radius 3 is 2.33 bits per heavy atom. The van der Waals surface area contributed by atoms with Gasteiger partial charge in [0.2, 0.25) is 5.54 Å². The second kappa shape index (κ2) is 5.83. The van der Waals surface area contributed by atoms with Crippen LogP contribution in [0, 0.1) is 16.0 Å². The van der Waals surface area contributed by atoms with Crippen molar-refractivity contribution in [1.29, 1.82) is 0 Å². The molecule has 104 valence electrons. The standard InChI is InChI=1S/C10H14F3NO4/c1-4-5-18-8(15)6-7(10(11,12)13)9(2,3)14(16)17/h4,7H,1,5-6H2,2-3H3. The summed E-state index contributed by atoms with van der Waals surface area (Å²) >= 11 is 0. The van der Waals surface area contributed by atoms with Crippen molar-refractivity contribution in [2.24, 2.45) is 5.92 Å². The van der Waals surface area contributed by atoms with E-state index in [0.29, 0.717) is 0 Å². The molecule has 0 heterocycles. The normalized spacial score (nSPS) is 13.8. The van der Waals surface area contributed by atoms with Crippen molar-refractivity contribution in [3.8, 4) is 0 Å². The molecule has 0 aromatic rings. The van der Waals surface area contributed by atoms with E-state index in [4.69, 9.17) is 0 Å². The predicted octanol–water partition coefficient (Wildman–Crippen LogP) is 2.34. The highest BCUT2D eigenvalue weighted by Crippen LogP contribution is 2.38. The van der Waals surface area contributed by atoms with Crippen LogP contribution in [0.2, 0.25) is 0 Å². The van der Waals surface area contributed by atoms with Crippen LogP contribution in [-0.4, -0.2) is 29.2 Å². The number of halogens is 3. The van der Waals surface area contributed by atoms with Crippen LogP contribution in [0.25, 0.3) is 0 Å². The van der Waals surface area contributed by atoms with Gasteiger partial charge in [-0.15, -0.1) is 0 Å². The molecule has 0 saturated carbocycles. The zero-order valence-electron chi connectivity index (χ0n) is 9.99. The molecule has 1 unspecified atom stereocenters. The number of carbonyl (C=O) groups is 1. The lowest BCUT2D eigenvalue weighted by Crippen LogP contribution is -2.48. The van der Waals surface area contributed by atoms with E-state index in [9.17, 15) is 28.1 Å². The van der Waals surface area contributed by atoms with E-state index >= 15 is 0 Å². The van der Waals surface area contributed by atoms with E-state index in [1.807, 2.05) is 0 Å². The van der Waals surface area contributed by atoms with Gasteiger partial charge < -0.3 is 4.74 Å². The lowest BCUT2D eigenvalue weighted by atomic mass is 9.85. The summed E-state index contributed by atoms with van der Waals surface area (Å²) < 4.78 is 42.6. The molecule has 0 radical (unpaired) electrons. The smallest absolute Gasteiger partial charge is 0.399 e. The fraction of sp³-hybridized carbons (Fsp3) is 0.700. The highest BCUT2D eigenvalue weighted by Gasteiger charge is 2.57. The number of nitrogens with zero attached hydrogens (tertiary/aromatic N) is 1. The SMILES string of the molecule is C=CCOC(=O)CC(C(F)(F)F)C(C)(C)[N+](=O)[O-]. The number of hydrogen-bond donors (Lipinski definition) is 0. The van der Waals surface area contributed by atoms with E-state index < -0.39 is 34.9 Å². The van der Waals surface area contributed by atoms with E-state index in [0.717, 1.165) is 13.8 Å². The summed E-state index contributed by atoms with van der Waals surface area (Å²) in [5, 5.41) is 10.6. The van der Waals surface area contributed by atoms with Crippen molar-refractivity contribution in [3.05, 3.63) is 22.8 Å². The van der Waals surface area contributed by atoms with Crippen molar-refractivity contribution in [2.75, 3.05) is 6.61 Å². The van der Waals surface area contributed by atoms with Gasteiger partial charge in [0.25, 0.3) is 0 Å². The van der Waals surface area contributed by atoms with Crippen LogP contribution < -0.4 is 0 Å². The average Bonchev–Trinajstić information content (AvgIpc) is 2.20. The van der Waals surface area contributed by atoms with Crippen molar-refractivity contribution in [1.82, 2.24) is 0 Å². The molecule has 0 rings (SSSR count). The van der Waals surface area contributed by atoms with Crippen LogP contribution in [0.3, 0.4) is 0 Å². The number of alkyl halides is 3. The fourth-order valence-corrected chi connectivity index (χ4v) is 1.27. The summed E-state index contributed by atoms with van der Waals surface area (Å²) in [6.07, 6.45) is -4.76. The van der Waals surface area contributed by atoms with Gasteiger partial charge in [-0.05, 0) is 0 Å². The number of carbonyl (C=O) groups excluding carboxylic acids is 1. The van der Waals surface area contributed by atoms with Gasteiger partial charge in [-0.1, -0.05) is 12.7 Å². The maximum absolute atomic E-state index is 12.7. The van der Waals surface area contributed by atoms with Crippen LogP contribution in [0.5, 0.6) is 0 Å². The van der Waals surface area contributed by atoms with Crippen molar-refractivity contribution in [2.45, 2.75) is 32.0 Å². The first-order valence-corrected chi connectivity index (χ1v) is 5.01. The maximum atomic E-state index is 12.7. The van der Waals surface area contributed by atoms with Crippen LogP contribution in [0.1, 0.15) is 20.3 Å². The van der Waals surface area contributed by atoms with E-state index in [1.165, 1.54) is 6.08 Å². The molecule has 1 atom stereocenters. The third-order valence-electron chi connectivity index (χ3n) is 2.45. The van der Waals surface area contributed by atoms with Gasteiger partial charge in [0.15, 0.2) is 0 Å². The molecule has 0 aliphatic carbocycles. The van der Waals surface area contributed by atoms with Gasteiger partial charge in [0.05, 0.1) is 6.42 Å². The molecule has 0 saturated heterocycles. The quantitative estimate of drug-likeness (QED) is 0.321. The molecule has 0 bridgehead atoms. The highest BCUT2D eigenvalue weighted by atomic mass is 19.4. The molecule has 0 N–H and O–H groups in total.